The number of imidazole rings is 1. The van der Waals surface area contributed by atoms with Crippen LogP contribution in [0.1, 0.15) is 0 Å². The fraction of sp³-hybridized carbons (Fsp3) is 0. The molecule has 0 radical (unpaired) electrons. The molecule has 0 unspecified atom stereocenters. The van der Waals surface area contributed by atoms with Gasteiger partial charge in [-0.3, -0.25) is 0 Å². The van der Waals surface area contributed by atoms with Crippen LogP contribution in [0.5, 0.6) is 0 Å². The van der Waals surface area contributed by atoms with E-state index in [0.717, 1.165) is 32.1 Å². The lowest BCUT2D eigenvalue weighted by atomic mass is 10.2. The first-order chi connectivity index (χ1) is 9.24. The zero-order valence-electron chi connectivity index (χ0n) is 9.90. The van der Waals surface area contributed by atoms with Gasteiger partial charge in [-0.2, -0.15) is 0 Å². The second kappa shape index (κ2) is 5.19. The summed E-state index contributed by atoms with van der Waals surface area (Å²) in [5.41, 5.74) is 3.09. The fourth-order valence-corrected chi connectivity index (χ4v) is 2.52. The molecule has 0 saturated carbocycles. The molecule has 94 valence electrons. The van der Waals surface area contributed by atoms with Gasteiger partial charge in [0.2, 0.25) is 0 Å². The highest BCUT2D eigenvalue weighted by atomic mass is 79.9. The molecule has 1 aromatic heterocycles. The quantitative estimate of drug-likeness (QED) is 0.689. The number of nitrogens with one attached hydrogen (secondary N) is 1. The van der Waals surface area contributed by atoms with E-state index >= 15 is 0 Å². The van der Waals surface area contributed by atoms with Gasteiger partial charge < -0.3 is 4.98 Å². The van der Waals surface area contributed by atoms with Crippen molar-refractivity contribution in [3.63, 3.8) is 0 Å². The maximum Gasteiger partial charge on any atom is 0.137 e. The molecular weight excluding hydrogens is 324 g/mol. The number of hydrogen-bond donors (Lipinski definition) is 1. The molecule has 4 heteroatoms. The molecule has 0 atom stereocenters. The first-order valence-corrected chi connectivity index (χ1v) is 6.97. The standard InChI is InChI=1S/C15H10BrClN2/c16-13-4-2-1-3-12(13)14-9-18-15(19-14)10-5-7-11(17)8-6-10/h1-9H,(H,18,19). The minimum absolute atomic E-state index is 0.723. The predicted molar refractivity (Wildman–Crippen MR) is 82.2 cm³/mol. The Morgan fingerprint density at radius 1 is 1.00 bits per heavy atom. The maximum atomic E-state index is 5.88. The van der Waals surface area contributed by atoms with E-state index in [2.05, 4.69) is 25.9 Å². The van der Waals surface area contributed by atoms with Crippen LogP contribution in [-0.4, -0.2) is 9.97 Å². The summed E-state index contributed by atoms with van der Waals surface area (Å²) >= 11 is 9.43. The Labute approximate surface area is 124 Å². The highest BCUT2D eigenvalue weighted by molar-refractivity contribution is 9.10. The van der Waals surface area contributed by atoms with Crippen molar-refractivity contribution in [3.05, 3.63) is 64.2 Å². The van der Waals surface area contributed by atoms with Crippen LogP contribution in [0, 0.1) is 0 Å². The number of hydrogen-bond acceptors (Lipinski definition) is 1. The normalized spacial score (nSPS) is 10.6. The van der Waals surface area contributed by atoms with Crippen LogP contribution in [0.3, 0.4) is 0 Å². The Morgan fingerprint density at radius 2 is 1.74 bits per heavy atom. The molecular formula is C15H10BrClN2. The Hall–Kier alpha value is -1.58. The average molecular weight is 334 g/mol. The summed E-state index contributed by atoms with van der Waals surface area (Å²) in [5, 5.41) is 0.723. The first-order valence-electron chi connectivity index (χ1n) is 5.80. The van der Waals surface area contributed by atoms with Crippen LogP contribution in [0.2, 0.25) is 5.02 Å². The molecule has 2 aromatic carbocycles. The van der Waals surface area contributed by atoms with E-state index in [4.69, 9.17) is 11.6 Å². The fourth-order valence-electron chi connectivity index (χ4n) is 1.89. The van der Waals surface area contributed by atoms with Gasteiger partial charge in [0.1, 0.15) is 5.82 Å². The number of H-pyrrole nitrogens is 1. The van der Waals surface area contributed by atoms with Crippen molar-refractivity contribution in [2.24, 2.45) is 0 Å². The summed E-state index contributed by atoms with van der Waals surface area (Å²) in [4.78, 5) is 7.74. The number of aromatic amines is 1. The zero-order chi connectivity index (χ0) is 13.2. The van der Waals surface area contributed by atoms with E-state index in [1.807, 2.05) is 54.7 Å². The van der Waals surface area contributed by atoms with Gasteiger partial charge in [-0.05, 0) is 30.3 Å². The lowest BCUT2D eigenvalue weighted by molar-refractivity contribution is 1.31. The predicted octanol–water partition coefficient (Wildman–Crippen LogP) is 5.16. The molecule has 3 aromatic rings. The van der Waals surface area contributed by atoms with Crippen LogP contribution in [0.4, 0.5) is 0 Å². The Morgan fingerprint density at radius 3 is 2.47 bits per heavy atom. The molecule has 0 saturated heterocycles. The Balaban J connectivity index is 2.00. The number of nitrogens with zero attached hydrogens (tertiary/aromatic N) is 1. The minimum Gasteiger partial charge on any atom is -0.338 e. The summed E-state index contributed by atoms with van der Waals surface area (Å²) in [6, 6.07) is 15.7. The van der Waals surface area contributed by atoms with Gasteiger partial charge >= 0.3 is 0 Å². The molecule has 1 N–H and O–H groups in total. The van der Waals surface area contributed by atoms with Gasteiger partial charge in [-0.15, -0.1) is 0 Å². The van der Waals surface area contributed by atoms with E-state index in [1.165, 1.54) is 0 Å². The minimum atomic E-state index is 0.723. The SMILES string of the molecule is Clc1ccc(-c2ncc(-c3ccccc3Br)[nH]2)cc1. The van der Waals surface area contributed by atoms with Crippen molar-refractivity contribution in [1.82, 2.24) is 9.97 Å². The third-order valence-electron chi connectivity index (χ3n) is 2.86. The molecule has 0 aliphatic heterocycles. The van der Waals surface area contributed by atoms with Crippen LogP contribution in [0.25, 0.3) is 22.6 Å². The highest BCUT2D eigenvalue weighted by Crippen LogP contribution is 2.28. The second-order valence-electron chi connectivity index (χ2n) is 4.13. The maximum absolute atomic E-state index is 5.88. The third-order valence-corrected chi connectivity index (χ3v) is 3.80. The molecule has 3 rings (SSSR count). The van der Waals surface area contributed by atoms with Crippen LogP contribution < -0.4 is 0 Å². The van der Waals surface area contributed by atoms with Crippen molar-refractivity contribution in [1.29, 1.82) is 0 Å². The summed E-state index contributed by atoms with van der Waals surface area (Å²) in [7, 11) is 0. The van der Waals surface area contributed by atoms with Crippen molar-refractivity contribution in [3.8, 4) is 22.6 Å². The van der Waals surface area contributed by atoms with Crippen LogP contribution in [0.15, 0.2) is 59.2 Å². The van der Waals surface area contributed by atoms with Gasteiger partial charge in [-0.25, -0.2) is 4.98 Å². The monoisotopic (exact) mass is 332 g/mol. The molecule has 0 spiro atoms. The summed E-state index contributed by atoms with van der Waals surface area (Å²) in [5.74, 6) is 0.836. The van der Waals surface area contributed by atoms with Crippen molar-refractivity contribution in [2.75, 3.05) is 0 Å². The van der Waals surface area contributed by atoms with Gasteiger partial charge in [0.25, 0.3) is 0 Å². The lowest BCUT2D eigenvalue weighted by Gasteiger charge is -2.00. The smallest absolute Gasteiger partial charge is 0.137 e. The van der Waals surface area contributed by atoms with E-state index in [0.29, 0.717) is 0 Å². The van der Waals surface area contributed by atoms with Crippen molar-refractivity contribution < 1.29 is 0 Å². The molecule has 19 heavy (non-hydrogen) atoms. The number of halogens is 2. The van der Waals surface area contributed by atoms with E-state index in [1.54, 1.807) is 0 Å². The Bertz CT molecular complexity index is 704. The number of aromatic nitrogens is 2. The topological polar surface area (TPSA) is 28.7 Å². The van der Waals surface area contributed by atoms with Crippen LogP contribution in [-0.2, 0) is 0 Å². The van der Waals surface area contributed by atoms with E-state index < -0.39 is 0 Å². The first kappa shape index (κ1) is 12.5. The van der Waals surface area contributed by atoms with Gasteiger partial charge in [-0.1, -0.05) is 45.7 Å². The van der Waals surface area contributed by atoms with Gasteiger partial charge in [0.15, 0.2) is 0 Å². The summed E-state index contributed by atoms with van der Waals surface area (Å²) in [6.07, 6.45) is 1.84. The second-order valence-corrected chi connectivity index (χ2v) is 5.42. The van der Waals surface area contributed by atoms with E-state index in [9.17, 15) is 0 Å². The van der Waals surface area contributed by atoms with Gasteiger partial charge in [0.05, 0.1) is 11.9 Å². The largest absolute Gasteiger partial charge is 0.338 e. The molecule has 0 aliphatic carbocycles. The molecule has 0 aliphatic rings. The highest BCUT2D eigenvalue weighted by Gasteiger charge is 2.07. The molecule has 1 heterocycles. The van der Waals surface area contributed by atoms with Crippen molar-refractivity contribution in [2.45, 2.75) is 0 Å². The lowest BCUT2D eigenvalue weighted by Crippen LogP contribution is -1.81. The Kier molecular flexibility index (Phi) is 3.40. The number of rotatable bonds is 2. The molecule has 0 amide bonds. The number of benzene rings is 2. The third kappa shape index (κ3) is 2.57. The summed E-state index contributed by atoms with van der Waals surface area (Å²) in [6.45, 7) is 0. The average Bonchev–Trinajstić information content (AvgIpc) is 2.89. The summed E-state index contributed by atoms with van der Waals surface area (Å²) < 4.78 is 1.04. The van der Waals surface area contributed by atoms with E-state index in [-0.39, 0.29) is 0 Å². The van der Waals surface area contributed by atoms with Crippen molar-refractivity contribution >= 4 is 27.5 Å². The molecule has 0 bridgehead atoms. The zero-order valence-corrected chi connectivity index (χ0v) is 12.2. The van der Waals surface area contributed by atoms with Crippen LogP contribution >= 0.6 is 27.5 Å². The molecule has 2 nitrogen and oxygen atoms in total. The molecule has 0 fully saturated rings. The van der Waals surface area contributed by atoms with Gasteiger partial charge in [0, 0.05) is 20.6 Å².